The Balaban J connectivity index is 2.52. The third-order valence-corrected chi connectivity index (χ3v) is 1.64. The minimum Gasteiger partial charge on any atom is -0.408 e. The number of hydrogen-bond donors (Lipinski definition) is 2. The van der Waals surface area contributed by atoms with Crippen LogP contribution in [0.3, 0.4) is 0 Å². The van der Waals surface area contributed by atoms with Gasteiger partial charge in [0.2, 0.25) is 0 Å². The summed E-state index contributed by atoms with van der Waals surface area (Å²) in [4.78, 5) is 11.1. The van der Waals surface area contributed by atoms with Crippen molar-refractivity contribution in [2.75, 3.05) is 12.3 Å². The summed E-state index contributed by atoms with van der Waals surface area (Å²) >= 11 is 0. The van der Waals surface area contributed by atoms with Crippen LogP contribution in [0.1, 0.15) is 13.3 Å². The van der Waals surface area contributed by atoms with Crippen molar-refractivity contribution in [3.63, 3.8) is 0 Å². The third kappa shape index (κ3) is 2.97. The molecule has 4 nitrogen and oxygen atoms in total. The van der Waals surface area contributed by atoms with Crippen LogP contribution in [0.15, 0.2) is 24.3 Å². The molecule has 0 aromatic heterocycles. The van der Waals surface area contributed by atoms with Crippen molar-refractivity contribution in [2.45, 2.75) is 13.3 Å². The molecule has 0 spiro atoms. The van der Waals surface area contributed by atoms with Crippen LogP contribution in [0.25, 0.3) is 0 Å². The Bertz CT molecular complexity index is 313. The van der Waals surface area contributed by atoms with E-state index in [2.05, 4.69) is 5.32 Å². The fourth-order valence-corrected chi connectivity index (χ4v) is 0.936. The van der Waals surface area contributed by atoms with E-state index in [1.807, 2.05) is 6.92 Å². The van der Waals surface area contributed by atoms with Gasteiger partial charge in [-0.2, -0.15) is 0 Å². The average molecular weight is 194 g/mol. The van der Waals surface area contributed by atoms with Crippen molar-refractivity contribution in [1.29, 1.82) is 0 Å². The van der Waals surface area contributed by atoms with Gasteiger partial charge < -0.3 is 15.8 Å². The highest BCUT2D eigenvalue weighted by Crippen LogP contribution is 2.19. The molecule has 1 rings (SSSR count). The highest BCUT2D eigenvalue weighted by atomic mass is 16.6. The molecule has 1 aromatic carbocycles. The number of carbonyl (C=O) groups is 1. The monoisotopic (exact) mass is 194 g/mol. The van der Waals surface area contributed by atoms with Crippen molar-refractivity contribution in [3.05, 3.63) is 24.3 Å². The van der Waals surface area contributed by atoms with Crippen LogP contribution in [0, 0.1) is 0 Å². The summed E-state index contributed by atoms with van der Waals surface area (Å²) in [7, 11) is 0. The van der Waals surface area contributed by atoms with Crippen molar-refractivity contribution >= 4 is 11.8 Å². The topological polar surface area (TPSA) is 64.3 Å². The smallest absolute Gasteiger partial charge is 0.408 e. The maximum atomic E-state index is 11.1. The predicted molar refractivity (Wildman–Crippen MR) is 55.2 cm³/mol. The lowest BCUT2D eigenvalue weighted by Gasteiger charge is -2.06. The Morgan fingerprint density at radius 3 is 2.86 bits per heavy atom. The minimum absolute atomic E-state index is 0.390. The lowest BCUT2D eigenvalue weighted by Crippen LogP contribution is -2.27. The number of benzene rings is 1. The summed E-state index contributed by atoms with van der Waals surface area (Å²) in [5, 5.41) is 2.59. The first-order valence-corrected chi connectivity index (χ1v) is 4.54. The third-order valence-electron chi connectivity index (χ3n) is 1.64. The molecule has 4 heteroatoms. The molecular formula is C10H14N2O2. The predicted octanol–water partition coefficient (Wildman–Crippen LogP) is 1.77. The van der Waals surface area contributed by atoms with Crippen LogP contribution < -0.4 is 15.8 Å². The molecule has 0 aliphatic rings. The van der Waals surface area contributed by atoms with Gasteiger partial charge >= 0.3 is 6.09 Å². The van der Waals surface area contributed by atoms with E-state index in [1.54, 1.807) is 24.3 Å². The summed E-state index contributed by atoms with van der Waals surface area (Å²) in [6.45, 7) is 2.57. The number of amides is 1. The molecule has 0 aliphatic heterocycles. The SMILES string of the molecule is CCCNC(=O)Oc1ccccc1N. The summed E-state index contributed by atoms with van der Waals surface area (Å²) < 4.78 is 4.97. The van der Waals surface area contributed by atoms with Gasteiger partial charge in [0.05, 0.1) is 5.69 Å². The molecule has 76 valence electrons. The number of rotatable bonds is 3. The van der Waals surface area contributed by atoms with E-state index < -0.39 is 6.09 Å². The number of para-hydroxylation sites is 2. The molecule has 0 bridgehead atoms. The van der Waals surface area contributed by atoms with Gasteiger partial charge in [0, 0.05) is 6.54 Å². The zero-order valence-corrected chi connectivity index (χ0v) is 8.12. The van der Waals surface area contributed by atoms with Crippen LogP contribution in [-0.2, 0) is 0 Å². The van der Waals surface area contributed by atoms with Gasteiger partial charge in [-0.3, -0.25) is 0 Å². The molecule has 0 aliphatic carbocycles. The van der Waals surface area contributed by atoms with Crippen LogP contribution in [0.4, 0.5) is 10.5 Å². The van der Waals surface area contributed by atoms with Crippen molar-refractivity contribution in [3.8, 4) is 5.75 Å². The Morgan fingerprint density at radius 1 is 1.50 bits per heavy atom. The lowest BCUT2D eigenvalue weighted by atomic mass is 10.3. The van der Waals surface area contributed by atoms with E-state index >= 15 is 0 Å². The second-order valence-electron chi connectivity index (χ2n) is 2.85. The summed E-state index contributed by atoms with van der Waals surface area (Å²) in [5.74, 6) is 0.390. The molecule has 1 amide bonds. The maximum Gasteiger partial charge on any atom is 0.412 e. The largest absolute Gasteiger partial charge is 0.412 e. The van der Waals surface area contributed by atoms with E-state index in [9.17, 15) is 4.79 Å². The number of anilines is 1. The second kappa shape index (κ2) is 5.11. The van der Waals surface area contributed by atoms with Gasteiger partial charge in [0.1, 0.15) is 0 Å². The van der Waals surface area contributed by atoms with Crippen LogP contribution in [0.2, 0.25) is 0 Å². The van der Waals surface area contributed by atoms with Gasteiger partial charge in [-0.25, -0.2) is 4.79 Å². The number of ether oxygens (including phenoxy) is 1. The van der Waals surface area contributed by atoms with Crippen molar-refractivity contribution < 1.29 is 9.53 Å². The number of hydrogen-bond acceptors (Lipinski definition) is 3. The lowest BCUT2D eigenvalue weighted by molar-refractivity contribution is 0.201. The summed E-state index contributed by atoms with van der Waals surface area (Å²) in [5.41, 5.74) is 6.05. The van der Waals surface area contributed by atoms with Gasteiger partial charge in [0.25, 0.3) is 0 Å². The van der Waals surface area contributed by atoms with Crippen LogP contribution in [0.5, 0.6) is 5.75 Å². The zero-order valence-electron chi connectivity index (χ0n) is 8.12. The fraction of sp³-hybridized carbons (Fsp3) is 0.300. The van der Waals surface area contributed by atoms with E-state index in [-0.39, 0.29) is 0 Å². The van der Waals surface area contributed by atoms with Gasteiger partial charge in [-0.05, 0) is 18.6 Å². The zero-order chi connectivity index (χ0) is 10.4. The number of carbonyl (C=O) groups excluding carboxylic acids is 1. The molecule has 0 radical (unpaired) electrons. The first-order valence-electron chi connectivity index (χ1n) is 4.54. The quantitative estimate of drug-likeness (QED) is 0.721. The van der Waals surface area contributed by atoms with Gasteiger partial charge in [-0.15, -0.1) is 0 Å². The normalized spacial score (nSPS) is 9.50. The van der Waals surface area contributed by atoms with E-state index in [0.29, 0.717) is 18.0 Å². The number of nitrogens with one attached hydrogen (secondary N) is 1. The highest BCUT2D eigenvalue weighted by molar-refractivity contribution is 5.72. The number of nitrogens with two attached hydrogens (primary N) is 1. The average Bonchev–Trinajstić information content (AvgIpc) is 2.18. The molecule has 0 saturated carbocycles. The van der Waals surface area contributed by atoms with Crippen LogP contribution in [-0.4, -0.2) is 12.6 Å². The molecule has 14 heavy (non-hydrogen) atoms. The first kappa shape index (κ1) is 10.4. The Labute approximate surface area is 83.1 Å². The van der Waals surface area contributed by atoms with Gasteiger partial charge in [-0.1, -0.05) is 19.1 Å². The van der Waals surface area contributed by atoms with E-state index in [1.165, 1.54) is 0 Å². The molecule has 0 atom stereocenters. The Kier molecular flexibility index (Phi) is 3.79. The van der Waals surface area contributed by atoms with Crippen LogP contribution >= 0.6 is 0 Å². The molecule has 0 saturated heterocycles. The molecule has 3 N–H and O–H groups in total. The molecule has 0 fully saturated rings. The molecule has 0 heterocycles. The Hall–Kier alpha value is -1.71. The maximum absolute atomic E-state index is 11.1. The molecule has 1 aromatic rings. The van der Waals surface area contributed by atoms with Crippen molar-refractivity contribution in [1.82, 2.24) is 5.32 Å². The molecule has 0 unspecified atom stereocenters. The summed E-state index contributed by atoms with van der Waals surface area (Å²) in [6.07, 6.45) is 0.407. The Morgan fingerprint density at radius 2 is 2.21 bits per heavy atom. The second-order valence-corrected chi connectivity index (χ2v) is 2.85. The summed E-state index contributed by atoms with van der Waals surface area (Å²) in [6, 6.07) is 6.88. The fourth-order valence-electron chi connectivity index (χ4n) is 0.936. The first-order chi connectivity index (χ1) is 6.74. The molecular weight excluding hydrogens is 180 g/mol. The van der Waals surface area contributed by atoms with E-state index in [4.69, 9.17) is 10.5 Å². The van der Waals surface area contributed by atoms with E-state index in [0.717, 1.165) is 6.42 Å². The highest BCUT2D eigenvalue weighted by Gasteiger charge is 2.04. The standard InChI is InChI=1S/C10H14N2O2/c1-2-7-12-10(13)14-9-6-4-3-5-8(9)11/h3-6H,2,7,11H2,1H3,(H,12,13). The minimum atomic E-state index is -0.468. The van der Waals surface area contributed by atoms with Crippen molar-refractivity contribution in [2.24, 2.45) is 0 Å². The van der Waals surface area contributed by atoms with Gasteiger partial charge in [0.15, 0.2) is 5.75 Å². The number of nitrogen functional groups attached to an aromatic ring is 1.